The first-order valence-corrected chi connectivity index (χ1v) is 8.16. The molecule has 6 heteroatoms. The van der Waals surface area contributed by atoms with Gasteiger partial charge in [0.15, 0.2) is 5.82 Å². The molecule has 1 aliphatic heterocycles. The number of aryl methyl sites for hydroxylation is 1. The van der Waals surface area contributed by atoms with Crippen LogP contribution in [0.2, 0.25) is 0 Å². The summed E-state index contributed by atoms with van der Waals surface area (Å²) in [5.41, 5.74) is 3.84. The first-order chi connectivity index (χ1) is 12.3. The van der Waals surface area contributed by atoms with E-state index < -0.39 is 0 Å². The van der Waals surface area contributed by atoms with E-state index in [9.17, 15) is 0 Å². The molecule has 0 saturated carbocycles. The lowest BCUT2D eigenvalue weighted by atomic mass is 10.0. The Hall–Kier alpha value is -3.46. The van der Waals surface area contributed by atoms with Gasteiger partial charge in [-0.2, -0.15) is 15.3 Å². The maximum atomic E-state index is 9.01. The number of nitrogens with zero attached hydrogens (tertiary/aromatic N) is 5. The lowest BCUT2D eigenvalue weighted by Gasteiger charge is -2.30. The predicted molar refractivity (Wildman–Crippen MR) is 96.0 cm³/mol. The van der Waals surface area contributed by atoms with Gasteiger partial charge < -0.3 is 10.2 Å². The van der Waals surface area contributed by atoms with Crippen LogP contribution in [0.1, 0.15) is 17.5 Å². The molecule has 0 radical (unpaired) electrons. The van der Waals surface area contributed by atoms with Crippen LogP contribution in [-0.4, -0.2) is 21.7 Å². The molecule has 0 atom stereocenters. The highest BCUT2D eigenvalue weighted by atomic mass is 15.3. The molecule has 122 valence electrons. The summed E-state index contributed by atoms with van der Waals surface area (Å²) in [7, 11) is 0. The molecular formula is C19H16N6. The van der Waals surface area contributed by atoms with Crippen molar-refractivity contribution < 1.29 is 0 Å². The summed E-state index contributed by atoms with van der Waals surface area (Å²) in [4.78, 5) is 6.78. The standard InChI is InChI=1S/C19H16N6/c20-12-14-5-3-8-16(11-14)22-19-23-18(13-21-24-19)25-10-4-7-15-6-1-2-9-17(15)25/h1-3,5-6,8-9,11,13H,4,7,10H2,(H,22,23,24). The summed E-state index contributed by atoms with van der Waals surface area (Å²) in [5.74, 6) is 1.18. The molecule has 1 aliphatic rings. The molecule has 4 rings (SSSR count). The van der Waals surface area contributed by atoms with Crippen molar-refractivity contribution >= 4 is 23.1 Å². The minimum absolute atomic E-state index is 0.413. The van der Waals surface area contributed by atoms with Crippen LogP contribution in [0, 0.1) is 11.3 Å². The monoisotopic (exact) mass is 328 g/mol. The number of anilines is 4. The molecular weight excluding hydrogens is 312 g/mol. The third kappa shape index (κ3) is 3.12. The number of fused-ring (bicyclic) bond motifs is 1. The van der Waals surface area contributed by atoms with E-state index >= 15 is 0 Å². The fourth-order valence-corrected chi connectivity index (χ4v) is 3.05. The van der Waals surface area contributed by atoms with E-state index in [-0.39, 0.29) is 0 Å². The number of hydrogen-bond acceptors (Lipinski definition) is 6. The third-order valence-electron chi connectivity index (χ3n) is 4.18. The van der Waals surface area contributed by atoms with Gasteiger partial charge in [-0.25, -0.2) is 0 Å². The van der Waals surface area contributed by atoms with Crippen molar-refractivity contribution in [2.24, 2.45) is 0 Å². The van der Waals surface area contributed by atoms with Gasteiger partial charge in [0.2, 0.25) is 5.95 Å². The van der Waals surface area contributed by atoms with Crippen LogP contribution in [0.15, 0.2) is 54.7 Å². The lowest BCUT2D eigenvalue weighted by Crippen LogP contribution is -2.25. The molecule has 2 aromatic carbocycles. The van der Waals surface area contributed by atoms with E-state index in [1.807, 2.05) is 18.2 Å². The van der Waals surface area contributed by atoms with Gasteiger partial charge in [-0.1, -0.05) is 24.3 Å². The molecule has 0 bridgehead atoms. The van der Waals surface area contributed by atoms with Gasteiger partial charge in [-0.3, -0.25) is 0 Å². The van der Waals surface area contributed by atoms with Crippen molar-refractivity contribution in [2.75, 3.05) is 16.8 Å². The van der Waals surface area contributed by atoms with Crippen molar-refractivity contribution in [1.82, 2.24) is 15.2 Å². The number of nitriles is 1. The van der Waals surface area contributed by atoms with Crippen LogP contribution >= 0.6 is 0 Å². The number of rotatable bonds is 3. The first kappa shape index (κ1) is 15.1. The minimum atomic E-state index is 0.413. The Balaban J connectivity index is 1.63. The summed E-state index contributed by atoms with van der Waals surface area (Å²) in [6.07, 6.45) is 3.84. The van der Waals surface area contributed by atoms with Crippen molar-refractivity contribution in [3.05, 3.63) is 65.9 Å². The van der Waals surface area contributed by atoms with E-state index in [0.29, 0.717) is 11.5 Å². The lowest BCUT2D eigenvalue weighted by molar-refractivity contribution is 0.754. The number of hydrogen-bond donors (Lipinski definition) is 1. The molecule has 0 aliphatic carbocycles. The van der Waals surface area contributed by atoms with Crippen LogP contribution in [-0.2, 0) is 6.42 Å². The molecule has 1 aromatic heterocycles. The average Bonchev–Trinajstić information content (AvgIpc) is 2.68. The van der Waals surface area contributed by atoms with E-state index in [2.05, 4.69) is 49.7 Å². The minimum Gasteiger partial charge on any atom is -0.325 e. The number of para-hydroxylation sites is 1. The SMILES string of the molecule is N#Cc1cccc(Nc2nncc(N3CCCc4ccccc43)n2)c1. The normalized spacial score (nSPS) is 13.0. The Morgan fingerprint density at radius 2 is 2.04 bits per heavy atom. The van der Waals surface area contributed by atoms with E-state index in [1.54, 1.807) is 18.3 Å². The highest BCUT2D eigenvalue weighted by Gasteiger charge is 2.19. The fourth-order valence-electron chi connectivity index (χ4n) is 3.05. The zero-order valence-corrected chi connectivity index (χ0v) is 13.6. The molecule has 0 saturated heterocycles. The maximum absolute atomic E-state index is 9.01. The van der Waals surface area contributed by atoms with Crippen LogP contribution < -0.4 is 10.2 Å². The molecule has 2 heterocycles. The molecule has 1 N–H and O–H groups in total. The van der Waals surface area contributed by atoms with Crippen molar-refractivity contribution in [1.29, 1.82) is 5.26 Å². The summed E-state index contributed by atoms with van der Waals surface area (Å²) < 4.78 is 0. The second kappa shape index (κ2) is 6.57. The van der Waals surface area contributed by atoms with Crippen LogP contribution in [0.3, 0.4) is 0 Å². The second-order valence-electron chi connectivity index (χ2n) is 5.84. The van der Waals surface area contributed by atoms with E-state index in [4.69, 9.17) is 5.26 Å². The first-order valence-electron chi connectivity index (χ1n) is 8.16. The molecule has 6 nitrogen and oxygen atoms in total. The smallest absolute Gasteiger partial charge is 0.249 e. The van der Waals surface area contributed by atoms with Crippen molar-refractivity contribution in [3.8, 4) is 6.07 Å². The zero-order valence-electron chi connectivity index (χ0n) is 13.6. The Labute approximate surface area is 145 Å². The molecule has 0 fully saturated rings. The van der Waals surface area contributed by atoms with Crippen LogP contribution in [0.4, 0.5) is 23.1 Å². The topological polar surface area (TPSA) is 77.7 Å². The average molecular weight is 328 g/mol. The van der Waals surface area contributed by atoms with Crippen LogP contribution in [0.25, 0.3) is 0 Å². The van der Waals surface area contributed by atoms with Gasteiger partial charge in [0.25, 0.3) is 0 Å². The van der Waals surface area contributed by atoms with Gasteiger partial charge in [0.05, 0.1) is 17.8 Å². The van der Waals surface area contributed by atoms with E-state index in [0.717, 1.165) is 30.9 Å². The third-order valence-corrected chi connectivity index (χ3v) is 4.18. The Morgan fingerprint density at radius 3 is 2.96 bits per heavy atom. The highest BCUT2D eigenvalue weighted by molar-refractivity contribution is 5.66. The maximum Gasteiger partial charge on any atom is 0.249 e. The Bertz CT molecular complexity index is 946. The molecule has 0 unspecified atom stereocenters. The van der Waals surface area contributed by atoms with Gasteiger partial charge in [-0.05, 0) is 42.7 Å². The van der Waals surface area contributed by atoms with Crippen molar-refractivity contribution in [2.45, 2.75) is 12.8 Å². The number of benzene rings is 2. The predicted octanol–water partition coefficient (Wildman–Crippen LogP) is 3.57. The zero-order chi connectivity index (χ0) is 17.1. The molecule has 0 amide bonds. The fraction of sp³-hybridized carbons (Fsp3) is 0.158. The van der Waals surface area contributed by atoms with Crippen molar-refractivity contribution in [3.63, 3.8) is 0 Å². The quantitative estimate of drug-likeness (QED) is 0.792. The number of nitrogens with one attached hydrogen (secondary N) is 1. The molecule has 0 spiro atoms. The Kier molecular flexibility index (Phi) is 3.97. The molecule has 3 aromatic rings. The summed E-state index contributed by atoms with van der Waals surface area (Å²) >= 11 is 0. The summed E-state index contributed by atoms with van der Waals surface area (Å²) in [6.45, 7) is 0.902. The Morgan fingerprint density at radius 1 is 1.12 bits per heavy atom. The number of aromatic nitrogens is 3. The van der Waals surface area contributed by atoms with Gasteiger partial charge in [0.1, 0.15) is 0 Å². The van der Waals surface area contributed by atoms with Crippen LogP contribution in [0.5, 0.6) is 0 Å². The van der Waals surface area contributed by atoms with Gasteiger partial charge in [0, 0.05) is 17.9 Å². The second-order valence-corrected chi connectivity index (χ2v) is 5.84. The summed E-state index contributed by atoms with van der Waals surface area (Å²) in [6, 6.07) is 17.7. The summed E-state index contributed by atoms with van der Waals surface area (Å²) in [5, 5.41) is 20.3. The largest absolute Gasteiger partial charge is 0.325 e. The van der Waals surface area contributed by atoms with Gasteiger partial charge >= 0.3 is 0 Å². The molecule has 25 heavy (non-hydrogen) atoms. The van der Waals surface area contributed by atoms with Gasteiger partial charge in [-0.15, -0.1) is 5.10 Å². The highest BCUT2D eigenvalue weighted by Crippen LogP contribution is 2.32. The van der Waals surface area contributed by atoms with E-state index in [1.165, 1.54) is 11.3 Å².